The summed E-state index contributed by atoms with van der Waals surface area (Å²) in [7, 11) is 0. The molecule has 0 saturated carbocycles. The molecule has 1 saturated heterocycles. The topological polar surface area (TPSA) is 42.2 Å². The Morgan fingerprint density at radius 3 is 3.27 bits per heavy atom. The summed E-state index contributed by atoms with van der Waals surface area (Å²) < 4.78 is 2.07. The number of aromatic nitrogens is 3. The van der Waals surface area contributed by atoms with Gasteiger partial charge < -0.3 is 9.72 Å². The lowest BCUT2D eigenvalue weighted by atomic mass is 10.1. The number of hydrogen-bond acceptors (Lipinski definition) is 3. The quantitative estimate of drug-likeness (QED) is 0.753. The Hall–Kier alpha value is -1.42. The summed E-state index contributed by atoms with van der Waals surface area (Å²) in [6, 6.07) is 0. The van der Waals surface area contributed by atoms with E-state index in [0.717, 1.165) is 30.1 Å². The zero-order valence-electron chi connectivity index (χ0n) is 8.77. The first-order valence-electron chi connectivity index (χ1n) is 5.35. The molecule has 3 heterocycles. The molecule has 4 heteroatoms. The number of imidazole rings is 1. The van der Waals surface area contributed by atoms with E-state index in [-0.39, 0.29) is 0 Å². The number of nitrogens with zero attached hydrogens (tertiary/aromatic N) is 3. The lowest BCUT2D eigenvalue weighted by Crippen LogP contribution is -2.10. The molecular formula is C11H14N4. The maximum absolute atomic E-state index is 4.53. The van der Waals surface area contributed by atoms with Crippen molar-refractivity contribution in [1.29, 1.82) is 0 Å². The van der Waals surface area contributed by atoms with Crippen LogP contribution in [0.5, 0.6) is 0 Å². The van der Waals surface area contributed by atoms with Crippen LogP contribution in [0.15, 0.2) is 18.6 Å². The third kappa shape index (κ3) is 1.41. The first-order valence-corrected chi connectivity index (χ1v) is 5.35. The molecule has 1 fully saturated rings. The normalized spacial score (nSPS) is 21.3. The van der Waals surface area contributed by atoms with Crippen LogP contribution >= 0.6 is 0 Å². The van der Waals surface area contributed by atoms with Crippen LogP contribution in [0.25, 0.3) is 5.65 Å². The molecule has 0 spiro atoms. The van der Waals surface area contributed by atoms with Gasteiger partial charge in [0.15, 0.2) is 5.65 Å². The number of fused-ring (bicyclic) bond motifs is 1. The monoisotopic (exact) mass is 202 g/mol. The van der Waals surface area contributed by atoms with Crippen molar-refractivity contribution in [3.8, 4) is 0 Å². The van der Waals surface area contributed by atoms with Crippen molar-refractivity contribution in [3.05, 3.63) is 30.0 Å². The molecule has 0 amide bonds. The van der Waals surface area contributed by atoms with Crippen molar-refractivity contribution < 1.29 is 0 Å². The molecule has 1 aliphatic rings. The van der Waals surface area contributed by atoms with Gasteiger partial charge in [-0.2, -0.15) is 0 Å². The van der Waals surface area contributed by atoms with Gasteiger partial charge in [-0.25, -0.2) is 4.98 Å². The molecular weight excluding hydrogens is 188 g/mol. The van der Waals surface area contributed by atoms with E-state index in [1.54, 1.807) is 0 Å². The fourth-order valence-corrected chi connectivity index (χ4v) is 2.24. The molecule has 1 unspecified atom stereocenters. The van der Waals surface area contributed by atoms with Gasteiger partial charge in [0.05, 0.1) is 11.4 Å². The molecule has 0 aromatic carbocycles. The van der Waals surface area contributed by atoms with Gasteiger partial charge in [0, 0.05) is 31.1 Å². The van der Waals surface area contributed by atoms with Crippen LogP contribution < -0.4 is 5.32 Å². The van der Waals surface area contributed by atoms with Crippen LogP contribution in [0.3, 0.4) is 0 Å². The minimum Gasteiger partial charge on any atom is -0.316 e. The summed E-state index contributed by atoms with van der Waals surface area (Å²) in [4.78, 5) is 9.01. The largest absolute Gasteiger partial charge is 0.316 e. The maximum atomic E-state index is 4.53. The van der Waals surface area contributed by atoms with Gasteiger partial charge in [0.2, 0.25) is 0 Å². The highest BCUT2D eigenvalue weighted by molar-refractivity contribution is 5.47. The second-order valence-electron chi connectivity index (χ2n) is 4.12. The van der Waals surface area contributed by atoms with E-state index >= 15 is 0 Å². The first-order chi connectivity index (χ1) is 7.34. The third-order valence-corrected chi connectivity index (χ3v) is 2.97. The van der Waals surface area contributed by atoms with E-state index < -0.39 is 0 Å². The molecule has 1 aliphatic heterocycles. The van der Waals surface area contributed by atoms with Gasteiger partial charge in [-0.1, -0.05) is 0 Å². The Morgan fingerprint density at radius 2 is 2.47 bits per heavy atom. The van der Waals surface area contributed by atoms with E-state index in [2.05, 4.69) is 19.7 Å². The number of hydrogen-bond donors (Lipinski definition) is 1. The van der Waals surface area contributed by atoms with E-state index in [4.69, 9.17) is 0 Å². The van der Waals surface area contributed by atoms with E-state index in [0.29, 0.717) is 5.92 Å². The summed E-state index contributed by atoms with van der Waals surface area (Å²) >= 11 is 0. The molecule has 2 aromatic rings. The Morgan fingerprint density at radius 1 is 1.53 bits per heavy atom. The fraction of sp³-hybridized carbons (Fsp3) is 0.455. The molecule has 15 heavy (non-hydrogen) atoms. The zero-order chi connectivity index (χ0) is 10.3. The van der Waals surface area contributed by atoms with Crippen molar-refractivity contribution in [2.24, 2.45) is 0 Å². The van der Waals surface area contributed by atoms with Gasteiger partial charge in [0.25, 0.3) is 0 Å². The number of nitrogens with one attached hydrogen (secondary N) is 1. The zero-order valence-corrected chi connectivity index (χ0v) is 8.77. The molecule has 1 N–H and O–H groups in total. The molecule has 3 rings (SSSR count). The standard InChI is InChI=1S/C11H14N4/c1-8-7-15-5-4-13-10(11(15)14-8)9-2-3-12-6-9/h4-5,7,9,12H,2-3,6H2,1H3. The van der Waals surface area contributed by atoms with Crippen molar-refractivity contribution in [1.82, 2.24) is 19.7 Å². The van der Waals surface area contributed by atoms with E-state index in [9.17, 15) is 0 Å². The molecule has 4 nitrogen and oxygen atoms in total. The van der Waals surface area contributed by atoms with Crippen LogP contribution in [0.2, 0.25) is 0 Å². The lowest BCUT2D eigenvalue weighted by molar-refractivity contribution is 0.733. The minimum absolute atomic E-state index is 0.524. The smallest absolute Gasteiger partial charge is 0.159 e. The Balaban J connectivity index is 2.16. The van der Waals surface area contributed by atoms with Gasteiger partial charge in [-0.05, 0) is 19.9 Å². The Kier molecular flexibility index (Phi) is 1.95. The fourth-order valence-electron chi connectivity index (χ4n) is 2.24. The van der Waals surface area contributed by atoms with Crippen molar-refractivity contribution in [3.63, 3.8) is 0 Å². The number of rotatable bonds is 1. The SMILES string of the molecule is Cc1cn2ccnc(C3CCNC3)c2n1. The molecule has 78 valence electrons. The van der Waals surface area contributed by atoms with Crippen molar-refractivity contribution in [2.75, 3.05) is 13.1 Å². The summed E-state index contributed by atoms with van der Waals surface area (Å²) in [5, 5.41) is 3.37. The molecule has 0 radical (unpaired) electrons. The predicted octanol–water partition coefficient (Wildman–Crippen LogP) is 1.11. The maximum Gasteiger partial charge on any atom is 0.159 e. The average molecular weight is 202 g/mol. The average Bonchev–Trinajstić information content (AvgIpc) is 2.82. The van der Waals surface area contributed by atoms with Crippen molar-refractivity contribution >= 4 is 5.65 Å². The predicted molar refractivity (Wildman–Crippen MR) is 58.0 cm³/mol. The second kappa shape index (κ2) is 3.31. The second-order valence-corrected chi connectivity index (χ2v) is 4.12. The summed E-state index contributed by atoms with van der Waals surface area (Å²) in [6.07, 6.45) is 7.03. The van der Waals surface area contributed by atoms with Crippen molar-refractivity contribution in [2.45, 2.75) is 19.3 Å². The highest BCUT2D eigenvalue weighted by Crippen LogP contribution is 2.23. The third-order valence-electron chi connectivity index (χ3n) is 2.97. The summed E-state index contributed by atoms with van der Waals surface area (Å²) in [6.45, 7) is 4.13. The molecule has 2 aromatic heterocycles. The van der Waals surface area contributed by atoms with E-state index in [1.807, 2.05) is 25.5 Å². The lowest BCUT2D eigenvalue weighted by Gasteiger charge is -2.07. The van der Waals surface area contributed by atoms with Crippen LogP contribution in [0.1, 0.15) is 23.7 Å². The van der Waals surface area contributed by atoms with Gasteiger partial charge in [-0.3, -0.25) is 4.98 Å². The van der Waals surface area contributed by atoms with Crippen LogP contribution in [-0.2, 0) is 0 Å². The molecule has 0 aliphatic carbocycles. The van der Waals surface area contributed by atoms with Crippen LogP contribution in [0.4, 0.5) is 0 Å². The first kappa shape index (κ1) is 8.85. The Bertz CT molecular complexity index is 482. The highest BCUT2D eigenvalue weighted by atomic mass is 15.0. The van der Waals surface area contributed by atoms with Crippen LogP contribution in [-0.4, -0.2) is 27.5 Å². The minimum atomic E-state index is 0.524. The molecule has 0 bridgehead atoms. The van der Waals surface area contributed by atoms with E-state index in [1.165, 1.54) is 6.42 Å². The Labute approximate surface area is 88.4 Å². The molecule has 1 atom stereocenters. The van der Waals surface area contributed by atoms with Crippen LogP contribution in [0, 0.1) is 6.92 Å². The summed E-state index contributed by atoms with van der Waals surface area (Å²) in [5.74, 6) is 0.524. The highest BCUT2D eigenvalue weighted by Gasteiger charge is 2.21. The number of aryl methyl sites for hydroxylation is 1. The van der Waals surface area contributed by atoms with Gasteiger partial charge in [-0.15, -0.1) is 0 Å². The van der Waals surface area contributed by atoms with Gasteiger partial charge >= 0.3 is 0 Å². The van der Waals surface area contributed by atoms with Gasteiger partial charge in [0.1, 0.15) is 0 Å². The summed E-state index contributed by atoms with van der Waals surface area (Å²) in [5.41, 5.74) is 3.20.